The van der Waals surface area contributed by atoms with E-state index in [9.17, 15) is 18.8 Å². The molecule has 0 saturated carbocycles. The number of ether oxygens (including phenoxy) is 1. The van der Waals surface area contributed by atoms with Crippen LogP contribution >= 0.6 is 0 Å². The molecule has 0 atom stereocenters. The maximum atomic E-state index is 13.9. The van der Waals surface area contributed by atoms with Gasteiger partial charge in [0.25, 0.3) is 5.91 Å². The minimum Gasteiger partial charge on any atom is -0.487 e. The fourth-order valence-electron chi connectivity index (χ4n) is 3.46. The molecule has 1 N–H and O–H groups in total. The predicted octanol–water partition coefficient (Wildman–Crippen LogP) is 4.12. The van der Waals surface area contributed by atoms with Gasteiger partial charge >= 0.3 is 0 Å². The molecule has 0 unspecified atom stereocenters. The van der Waals surface area contributed by atoms with Crippen molar-refractivity contribution in [2.45, 2.75) is 18.9 Å². The summed E-state index contributed by atoms with van der Waals surface area (Å²) >= 11 is 0. The van der Waals surface area contributed by atoms with E-state index in [-0.39, 0.29) is 17.5 Å². The number of amides is 1. The Labute approximate surface area is 176 Å². The molecule has 3 aromatic rings. The van der Waals surface area contributed by atoms with E-state index >= 15 is 0 Å². The van der Waals surface area contributed by atoms with E-state index in [4.69, 9.17) is 9.15 Å². The Kier molecular flexibility index (Phi) is 5.80. The number of piperidine rings is 1. The van der Waals surface area contributed by atoms with E-state index in [0.29, 0.717) is 37.2 Å². The zero-order valence-electron chi connectivity index (χ0n) is 16.3. The van der Waals surface area contributed by atoms with Crippen LogP contribution in [-0.2, 0) is 0 Å². The van der Waals surface area contributed by atoms with Gasteiger partial charge < -0.3 is 19.4 Å². The monoisotopic (exact) mass is 424 g/mol. The second-order valence-electron chi connectivity index (χ2n) is 7.05. The third kappa shape index (κ3) is 4.64. The lowest BCUT2D eigenvalue weighted by Crippen LogP contribution is -2.38. The molecular weight excluding hydrogens is 406 g/mol. The number of aromatic nitrogens is 1. The van der Waals surface area contributed by atoms with Crippen LogP contribution in [0.5, 0.6) is 5.75 Å². The Morgan fingerprint density at radius 3 is 2.71 bits per heavy atom. The molecular formula is C22H18F2N4O3. The molecule has 4 rings (SSSR count). The molecule has 7 nitrogen and oxygen atoms in total. The van der Waals surface area contributed by atoms with Crippen LogP contribution in [-0.4, -0.2) is 30.1 Å². The van der Waals surface area contributed by atoms with Gasteiger partial charge in [-0.05, 0) is 30.3 Å². The van der Waals surface area contributed by atoms with Crippen LogP contribution in [0.4, 0.5) is 20.2 Å². The number of halogens is 2. The summed E-state index contributed by atoms with van der Waals surface area (Å²) in [5.41, 5.74) is 1.77. The third-order valence-corrected chi connectivity index (χ3v) is 5.01. The molecule has 2 heterocycles. The molecule has 1 aliphatic heterocycles. The van der Waals surface area contributed by atoms with Crippen LogP contribution in [0.15, 0.2) is 53.5 Å². The first-order valence-corrected chi connectivity index (χ1v) is 9.64. The molecule has 1 saturated heterocycles. The van der Waals surface area contributed by atoms with E-state index in [1.54, 1.807) is 18.2 Å². The van der Waals surface area contributed by atoms with Crippen molar-refractivity contribution in [3.05, 3.63) is 71.9 Å². The summed E-state index contributed by atoms with van der Waals surface area (Å²) in [6.07, 6.45) is 3.39. The van der Waals surface area contributed by atoms with Crippen molar-refractivity contribution in [1.29, 1.82) is 5.26 Å². The fourth-order valence-corrected chi connectivity index (χ4v) is 3.46. The highest BCUT2D eigenvalue weighted by atomic mass is 19.1. The van der Waals surface area contributed by atoms with Crippen molar-refractivity contribution >= 4 is 17.3 Å². The first-order valence-electron chi connectivity index (χ1n) is 9.64. The number of nitriles is 1. The first kappa shape index (κ1) is 20.3. The molecule has 2 aromatic carbocycles. The zero-order chi connectivity index (χ0) is 21.8. The average molecular weight is 424 g/mol. The molecule has 0 bridgehead atoms. The van der Waals surface area contributed by atoms with Gasteiger partial charge in [-0.3, -0.25) is 4.79 Å². The largest absolute Gasteiger partial charge is 0.487 e. The van der Waals surface area contributed by atoms with Crippen LogP contribution in [0.3, 0.4) is 0 Å². The van der Waals surface area contributed by atoms with E-state index in [2.05, 4.69) is 21.3 Å². The molecule has 1 aromatic heterocycles. The summed E-state index contributed by atoms with van der Waals surface area (Å²) in [6, 6.07) is 10.4. The number of nitrogens with one attached hydrogen (secondary N) is 1. The summed E-state index contributed by atoms with van der Waals surface area (Å²) in [7, 11) is 0. The highest BCUT2D eigenvalue weighted by Gasteiger charge is 2.24. The number of oxazole rings is 1. The fraction of sp³-hybridized carbons (Fsp3) is 0.227. The second kappa shape index (κ2) is 8.83. The number of carbonyl (C=O) groups excluding carboxylic acids is 1. The standard InChI is InChI=1S/C22H18F2N4O3/c23-15-2-4-21(17(24)10-15)31-16-5-7-28(8-6-16)20-3-1-14(11-25)9-18(20)27-22(29)19-12-30-13-26-19/h1-4,9-10,12-13,16H,5-8H2,(H,27,29). The number of anilines is 2. The number of hydrogen-bond acceptors (Lipinski definition) is 6. The Morgan fingerprint density at radius 1 is 1.23 bits per heavy atom. The van der Waals surface area contributed by atoms with Gasteiger partial charge in [-0.15, -0.1) is 0 Å². The van der Waals surface area contributed by atoms with Crippen LogP contribution in [0.1, 0.15) is 28.9 Å². The van der Waals surface area contributed by atoms with Crippen molar-refractivity contribution in [2.75, 3.05) is 23.3 Å². The summed E-state index contributed by atoms with van der Waals surface area (Å²) < 4.78 is 37.5. The SMILES string of the molecule is N#Cc1ccc(N2CCC(Oc3ccc(F)cc3F)CC2)c(NC(=O)c2cocn2)c1. The van der Waals surface area contributed by atoms with Gasteiger partial charge in [0, 0.05) is 32.0 Å². The molecule has 1 amide bonds. The van der Waals surface area contributed by atoms with E-state index in [0.717, 1.165) is 24.2 Å². The lowest BCUT2D eigenvalue weighted by atomic mass is 10.1. The highest BCUT2D eigenvalue weighted by Crippen LogP contribution is 2.31. The molecule has 9 heteroatoms. The number of hydrogen-bond donors (Lipinski definition) is 1. The molecule has 31 heavy (non-hydrogen) atoms. The average Bonchev–Trinajstić information content (AvgIpc) is 3.31. The Bertz CT molecular complexity index is 1120. The quantitative estimate of drug-likeness (QED) is 0.662. The first-order chi connectivity index (χ1) is 15.0. The van der Waals surface area contributed by atoms with Crippen molar-refractivity contribution < 1.29 is 22.7 Å². The van der Waals surface area contributed by atoms with Gasteiger partial charge in [-0.2, -0.15) is 5.26 Å². The summed E-state index contributed by atoms with van der Waals surface area (Å²) in [5, 5.41) is 12.0. The van der Waals surface area contributed by atoms with Gasteiger partial charge in [-0.1, -0.05) is 0 Å². The maximum absolute atomic E-state index is 13.9. The molecule has 1 aliphatic rings. The van der Waals surface area contributed by atoms with Crippen LogP contribution in [0.2, 0.25) is 0 Å². The molecule has 0 aliphatic carbocycles. The smallest absolute Gasteiger partial charge is 0.277 e. The summed E-state index contributed by atoms with van der Waals surface area (Å²) in [5.74, 6) is -1.80. The van der Waals surface area contributed by atoms with Crippen molar-refractivity contribution in [2.24, 2.45) is 0 Å². The third-order valence-electron chi connectivity index (χ3n) is 5.01. The zero-order valence-corrected chi connectivity index (χ0v) is 16.3. The minimum atomic E-state index is -0.729. The number of carbonyl (C=O) groups is 1. The maximum Gasteiger partial charge on any atom is 0.277 e. The van der Waals surface area contributed by atoms with Gasteiger partial charge in [0.15, 0.2) is 23.7 Å². The summed E-state index contributed by atoms with van der Waals surface area (Å²) in [6.45, 7) is 1.18. The van der Waals surface area contributed by atoms with E-state index < -0.39 is 17.5 Å². The van der Waals surface area contributed by atoms with Gasteiger partial charge in [-0.25, -0.2) is 13.8 Å². The topological polar surface area (TPSA) is 91.4 Å². The van der Waals surface area contributed by atoms with Crippen LogP contribution in [0.25, 0.3) is 0 Å². The van der Waals surface area contributed by atoms with Crippen molar-refractivity contribution in [1.82, 2.24) is 4.98 Å². The Morgan fingerprint density at radius 2 is 2.03 bits per heavy atom. The minimum absolute atomic E-state index is 0.0267. The van der Waals surface area contributed by atoms with E-state index in [1.165, 1.54) is 12.3 Å². The summed E-state index contributed by atoms with van der Waals surface area (Å²) in [4.78, 5) is 18.3. The van der Waals surface area contributed by atoms with Gasteiger partial charge in [0.1, 0.15) is 18.2 Å². The van der Waals surface area contributed by atoms with Gasteiger partial charge in [0.05, 0.1) is 23.0 Å². The Hall–Kier alpha value is -3.93. The van der Waals surface area contributed by atoms with Crippen LogP contribution in [0, 0.1) is 23.0 Å². The molecule has 0 spiro atoms. The number of rotatable bonds is 5. The molecule has 1 fully saturated rings. The highest BCUT2D eigenvalue weighted by molar-refractivity contribution is 6.04. The second-order valence-corrected chi connectivity index (χ2v) is 7.05. The van der Waals surface area contributed by atoms with Gasteiger partial charge in [0.2, 0.25) is 0 Å². The van der Waals surface area contributed by atoms with Crippen molar-refractivity contribution in [3.8, 4) is 11.8 Å². The van der Waals surface area contributed by atoms with Crippen molar-refractivity contribution in [3.63, 3.8) is 0 Å². The normalized spacial score (nSPS) is 14.2. The van der Waals surface area contributed by atoms with Crippen LogP contribution < -0.4 is 15.0 Å². The number of nitrogens with zero attached hydrogens (tertiary/aromatic N) is 3. The number of benzene rings is 2. The van der Waals surface area contributed by atoms with E-state index in [1.807, 2.05) is 0 Å². The lowest BCUT2D eigenvalue weighted by molar-refractivity contribution is 0.102. The predicted molar refractivity (Wildman–Crippen MR) is 108 cm³/mol. The molecule has 0 radical (unpaired) electrons. The Balaban J connectivity index is 1.46. The molecule has 158 valence electrons. The lowest BCUT2D eigenvalue weighted by Gasteiger charge is -2.34.